The summed E-state index contributed by atoms with van der Waals surface area (Å²) in [5, 5.41) is 9.17. The number of nitrogens with one attached hydrogen (secondary N) is 4. The molecule has 1 aliphatic heterocycles. The molecule has 2 heterocycles. The van der Waals surface area contributed by atoms with Gasteiger partial charge in [0.25, 0.3) is 11.8 Å². The van der Waals surface area contributed by atoms with Crippen molar-refractivity contribution >= 4 is 53.3 Å². The van der Waals surface area contributed by atoms with Gasteiger partial charge < -0.3 is 20.9 Å². The van der Waals surface area contributed by atoms with Gasteiger partial charge in [-0.15, -0.1) is 24.8 Å². The van der Waals surface area contributed by atoms with Gasteiger partial charge in [-0.1, -0.05) is 6.07 Å². The van der Waals surface area contributed by atoms with Crippen LogP contribution in [0.1, 0.15) is 33.6 Å². The number of rotatable bonds is 4. The summed E-state index contributed by atoms with van der Waals surface area (Å²) in [4.78, 5) is 32.1. The third kappa shape index (κ3) is 5.47. The molecule has 0 saturated carbocycles. The van der Waals surface area contributed by atoms with Crippen molar-refractivity contribution in [3.05, 3.63) is 59.9 Å². The van der Waals surface area contributed by atoms with Crippen molar-refractivity contribution in [3.8, 4) is 0 Å². The number of carbonyl (C=O) groups excluding carboxylic acids is 2. The number of halogens is 2. The zero-order chi connectivity index (χ0) is 18.6. The fraction of sp³-hybridized carbons (Fsp3) is 0.250. The average molecular weight is 436 g/mol. The molecule has 7 nitrogen and oxygen atoms in total. The van der Waals surface area contributed by atoms with E-state index in [9.17, 15) is 9.59 Å². The summed E-state index contributed by atoms with van der Waals surface area (Å²) in [6.07, 6.45) is 3.63. The number of amides is 2. The third-order valence-electron chi connectivity index (χ3n) is 4.70. The maximum Gasteiger partial charge on any atom is 0.255 e. The van der Waals surface area contributed by atoms with Crippen LogP contribution < -0.4 is 16.0 Å². The van der Waals surface area contributed by atoms with E-state index in [1.807, 2.05) is 0 Å². The van der Waals surface area contributed by atoms with Crippen molar-refractivity contribution in [2.45, 2.75) is 18.9 Å². The second-order valence-corrected chi connectivity index (χ2v) is 6.69. The molecule has 1 atom stereocenters. The second-order valence-electron chi connectivity index (χ2n) is 6.69. The smallest absolute Gasteiger partial charge is 0.255 e. The van der Waals surface area contributed by atoms with Gasteiger partial charge in [-0.2, -0.15) is 0 Å². The van der Waals surface area contributed by atoms with E-state index < -0.39 is 0 Å². The lowest BCUT2D eigenvalue weighted by molar-refractivity contribution is 0.0929. The highest BCUT2D eigenvalue weighted by Crippen LogP contribution is 2.16. The molecule has 1 aromatic heterocycles. The number of aromatic nitrogens is 2. The van der Waals surface area contributed by atoms with E-state index >= 15 is 0 Å². The van der Waals surface area contributed by atoms with Gasteiger partial charge in [0.1, 0.15) is 0 Å². The molecule has 154 valence electrons. The summed E-state index contributed by atoms with van der Waals surface area (Å²) < 4.78 is 0. The number of aromatic amines is 1. The summed E-state index contributed by atoms with van der Waals surface area (Å²) >= 11 is 0. The predicted octanol–water partition coefficient (Wildman–Crippen LogP) is 3.14. The third-order valence-corrected chi connectivity index (χ3v) is 4.70. The van der Waals surface area contributed by atoms with Crippen LogP contribution in [-0.4, -0.2) is 40.9 Å². The SMILES string of the molecule is Cl.Cl.O=C(Nc1cccc(C(=O)N[C@H]2CCCNC2)c1)c1ccc2nc[nH]c2c1. The van der Waals surface area contributed by atoms with Gasteiger partial charge >= 0.3 is 0 Å². The molecule has 0 spiro atoms. The first kappa shape index (κ1) is 22.7. The van der Waals surface area contributed by atoms with Gasteiger partial charge in [0.15, 0.2) is 0 Å². The first-order valence-corrected chi connectivity index (χ1v) is 9.05. The highest BCUT2D eigenvalue weighted by atomic mass is 35.5. The molecule has 29 heavy (non-hydrogen) atoms. The van der Waals surface area contributed by atoms with Crippen LogP contribution in [0.5, 0.6) is 0 Å². The molecule has 0 unspecified atom stereocenters. The summed E-state index contributed by atoms with van der Waals surface area (Å²) in [6, 6.07) is 12.4. The van der Waals surface area contributed by atoms with Crippen LogP contribution in [0.15, 0.2) is 48.8 Å². The number of benzene rings is 2. The minimum absolute atomic E-state index is 0. The number of H-pyrrole nitrogens is 1. The Kier molecular flexibility index (Phi) is 8.01. The van der Waals surface area contributed by atoms with E-state index in [0.29, 0.717) is 16.8 Å². The number of nitrogens with zero attached hydrogens (tertiary/aromatic N) is 1. The van der Waals surface area contributed by atoms with Crippen LogP contribution in [0.4, 0.5) is 5.69 Å². The number of imidazole rings is 1. The van der Waals surface area contributed by atoms with E-state index in [4.69, 9.17) is 0 Å². The Hall–Kier alpha value is -2.61. The van der Waals surface area contributed by atoms with Gasteiger partial charge in [-0.05, 0) is 55.8 Å². The molecule has 1 aliphatic rings. The molecule has 0 radical (unpaired) electrons. The first-order valence-electron chi connectivity index (χ1n) is 9.05. The van der Waals surface area contributed by atoms with Crippen molar-refractivity contribution in [1.82, 2.24) is 20.6 Å². The Morgan fingerprint density at radius 2 is 1.86 bits per heavy atom. The van der Waals surface area contributed by atoms with Crippen LogP contribution in [0, 0.1) is 0 Å². The number of carbonyl (C=O) groups is 2. The monoisotopic (exact) mass is 435 g/mol. The Labute approximate surface area is 180 Å². The fourth-order valence-electron chi connectivity index (χ4n) is 3.26. The summed E-state index contributed by atoms with van der Waals surface area (Å²) in [5.41, 5.74) is 3.25. The Bertz CT molecular complexity index is 986. The van der Waals surface area contributed by atoms with Crippen LogP contribution in [0.2, 0.25) is 0 Å². The number of hydrogen-bond donors (Lipinski definition) is 4. The first-order chi connectivity index (χ1) is 13.2. The molecule has 1 saturated heterocycles. The lowest BCUT2D eigenvalue weighted by Crippen LogP contribution is -2.45. The van der Waals surface area contributed by atoms with Gasteiger partial charge in [0, 0.05) is 29.4 Å². The molecule has 0 bridgehead atoms. The summed E-state index contributed by atoms with van der Waals surface area (Å²) in [7, 11) is 0. The van der Waals surface area contributed by atoms with E-state index in [1.54, 1.807) is 48.8 Å². The van der Waals surface area contributed by atoms with Crippen LogP contribution in [0.3, 0.4) is 0 Å². The van der Waals surface area contributed by atoms with E-state index in [2.05, 4.69) is 25.9 Å². The molecular weight excluding hydrogens is 413 g/mol. The summed E-state index contributed by atoms with van der Waals surface area (Å²) in [5.74, 6) is -0.362. The standard InChI is InChI=1S/C20H21N5O2.2ClH/c26-19(25-16-5-2-8-21-11-16)13-3-1-4-15(9-13)24-20(27)14-6-7-17-18(10-14)23-12-22-17;;/h1,3-4,6-7,9-10,12,16,21H,2,5,8,11H2,(H,22,23)(H,24,27)(H,25,26);2*1H/t16-;;/m0../s1. The number of fused-ring (bicyclic) bond motifs is 1. The van der Waals surface area contributed by atoms with Crippen molar-refractivity contribution in [1.29, 1.82) is 0 Å². The van der Waals surface area contributed by atoms with Crippen molar-refractivity contribution in [3.63, 3.8) is 0 Å². The van der Waals surface area contributed by atoms with Crippen molar-refractivity contribution in [2.24, 2.45) is 0 Å². The maximum absolute atomic E-state index is 12.5. The highest BCUT2D eigenvalue weighted by Gasteiger charge is 2.17. The molecule has 1 fully saturated rings. The van der Waals surface area contributed by atoms with Crippen LogP contribution >= 0.6 is 24.8 Å². The number of anilines is 1. The Balaban J connectivity index is 0.00000150. The minimum atomic E-state index is -0.236. The Morgan fingerprint density at radius 1 is 1.03 bits per heavy atom. The van der Waals surface area contributed by atoms with Crippen LogP contribution in [0.25, 0.3) is 11.0 Å². The zero-order valence-corrected chi connectivity index (χ0v) is 17.2. The second kappa shape index (κ2) is 10.2. The van der Waals surface area contributed by atoms with Crippen LogP contribution in [-0.2, 0) is 0 Å². The molecule has 9 heteroatoms. The lowest BCUT2D eigenvalue weighted by atomic mass is 10.1. The van der Waals surface area contributed by atoms with E-state index in [1.165, 1.54) is 0 Å². The van der Waals surface area contributed by atoms with Gasteiger partial charge in [0.2, 0.25) is 0 Å². The van der Waals surface area contributed by atoms with Gasteiger partial charge in [-0.3, -0.25) is 9.59 Å². The van der Waals surface area contributed by atoms with Gasteiger partial charge in [0.05, 0.1) is 17.4 Å². The highest BCUT2D eigenvalue weighted by molar-refractivity contribution is 6.06. The minimum Gasteiger partial charge on any atom is -0.348 e. The maximum atomic E-state index is 12.5. The number of hydrogen-bond acceptors (Lipinski definition) is 4. The molecule has 4 N–H and O–H groups in total. The van der Waals surface area contributed by atoms with Crippen molar-refractivity contribution < 1.29 is 9.59 Å². The molecular formula is C20H23Cl2N5O2. The average Bonchev–Trinajstić information content (AvgIpc) is 3.17. The molecule has 2 amide bonds. The van der Waals surface area contributed by atoms with E-state index in [0.717, 1.165) is 37.0 Å². The molecule has 3 aromatic rings. The Morgan fingerprint density at radius 3 is 2.66 bits per heavy atom. The van der Waals surface area contributed by atoms with Crippen molar-refractivity contribution in [2.75, 3.05) is 18.4 Å². The molecule has 2 aromatic carbocycles. The number of piperidine rings is 1. The normalized spacial score (nSPS) is 15.7. The molecule has 4 rings (SSSR count). The zero-order valence-electron chi connectivity index (χ0n) is 15.6. The lowest BCUT2D eigenvalue weighted by Gasteiger charge is -2.23. The largest absolute Gasteiger partial charge is 0.348 e. The summed E-state index contributed by atoms with van der Waals surface area (Å²) in [6.45, 7) is 1.79. The fourth-order valence-corrected chi connectivity index (χ4v) is 3.26. The molecule has 0 aliphatic carbocycles. The predicted molar refractivity (Wildman–Crippen MR) is 118 cm³/mol. The van der Waals surface area contributed by atoms with E-state index in [-0.39, 0.29) is 42.7 Å². The topological polar surface area (TPSA) is 98.9 Å². The van der Waals surface area contributed by atoms with Gasteiger partial charge in [-0.25, -0.2) is 4.98 Å². The quantitative estimate of drug-likeness (QED) is 0.505.